The van der Waals surface area contributed by atoms with E-state index in [4.69, 9.17) is 0 Å². The fourth-order valence-electron chi connectivity index (χ4n) is 3.21. The summed E-state index contributed by atoms with van der Waals surface area (Å²) in [6.45, 7) is 5.62. The van der Waals surface area contributed by atoms with Crippen LogP contribution in [0.2, 0.25) is 0 Å². The molecule has 4 nitrogen and oxygen atoms in total. The van der Waals surface area contributed by atoms with Gasteiger partial charge in [0.15, 0.2) is 0 Å². The number of likely N-dealkylation sites (tertiary alicyclic amines) is 1. The van der Waals surface area contributed by atoms with Gasteiger partial charge in [-0.05, 0) is 68.2 Å². The van der Waals surface area contributed by atoms with Crippen molar-refractivity contribution in [2.75, 3.05) is 18.4 Å². The summed E-state index contributed by atoms with van der Waals surface area (Å²) in [5.41, 5.74) is 5.73. The lowest BCUT2D eigenvalue weighted by atomic mass is 10.2. The zero-order valence-corrected chi connectivity index (χ0v) is 13.5. The van der Waals surface area contributed by atoms with E-state index in [1.165, 1.54) is 37.1 Å². The fourth-order valence-corrected chi connectivity index (χ4v) is 3.21. The largest absolute Gasteiger partial charge is 0.326 e. The Hall–Kier alpha value is -2.33. The third-order valence-corrected chi connectivity index (χ3v) is 4.46. The number of anilines is 2. The minimum atomic E-state index is 0.790. The van der Waals surface area contributed by atoms with Gasteiger partial charge in [0.05, 0.1) is 11.0 Å². The maximum absolute atomic E-state index is 4.58. The van der Waals surface area contributed by atoms with Gasteiger partial charge in [-0.2, -0.15) is 0 Å². The van der Waals surface area contributed by atoms with Crippen LogP contribution < -0.4 is 5.32 Å². The molecule has 2 aromatic carbocycles. The van der Waals surface area contributed by atoms with Gasteiger partial charge in [-0.25, -0.2) is 4.98 Å². The molecule has 1 aromatic heterocycles. The number of imidazole rings is 1. The highest BCUT2D eigenvalue weighted by molar-refractivity contribution is 5.79. The first-order chi connectivity index (χ1) is 11.3. The lowest BCUT2D eigenvalue weighted by Gasteiger charge is -2.14. The number of aromatic nitrogens is 2. The van der Waals surface area contributed by atoms with E-state index in [1.807, 2.05) is 6.07 Å². The zero-order chi connectivity index (χ0) is 15.6. The number of aryl methyl sites for hydroxylation is 1. The monoisotopic (exact) mass is 306 g/mol. The van der Waals surface area contributed by atoms with Crippen molar-refractivity contribution < 1.29 is 0 Å². The van der Waals surface area contributed by atoms with Crippen LogP contribution >= 0.6 is 0 Å². The first-order valence-corrected chi connectivity index (χ1v) is 8.31. The third kappa shape index (κ3) is 3.22. The molecule has 0 radical (unpaired) electrons. The van der Waals surface area contributed by atoms with E-state index in [-0.39, 0.29) is 0 Å². The zero-order valence-electron chi connectivity index (χ0n) is 13.5. The normalized spacial score (nSPS) is 15.3. The van der Waals surface area contributed by atoms with Gasteiger partial charge >= 0.3 is 0 Å². The number of nitrogens with zero attached hydrogens (tertiary/aromatic N) is 2. The van der Waals surface area contributed by atoms with Crippen LogP contribution in [0, 0.1) is 6.92 Å². The molecule has 2 N–H and O–H groups in total. The molecule has 1 fully saturated rings. The van der Waals surface area contributed by atoms with Crippen molar-refractivity contribution in [2.24, 2.45) is 0 Å². The van der Waals surface area contributed by atoms with E-state index in [0.717, 1.165) is 29.2 Å². The van der Waals surface area contributed by atoms with Crippen LogP contribution in [-0.2, 0) is 6.54 Å². The quantitative estimate of drug-likeness (QED) is 0.759. The number of nitrogens with one attached hydrogen (secondary N) is 2. The number of H-pyrrole nitrogens is 1. The van der Waals surface area contributed by atoms with Gasteiger partial charge in [0, 0.05) is 12.2 Å². The van der Waals surface area contributed by atoms with E-state index in [2.05, 4.69) is 63.5 Å². The summed E-state index contributed by atoms with van der Waals surface area (Å²) in [5.74, 6) is 0.790. The summed E-state index contributed by atoms with van der Waals surface area (Å²) in [7, 11) is 0. The minimum absolute atomic E-state index is 0.790. The lowest BCUT2D eigenvalue weighted by molar-refractivity contribution is 0.331. The highest BCUT2D eigenvalue weighted by Gasteiger charge is 2.11. The summed E-state index contributed by atoms with van der Waals surface area (Å²) < 4.78 is 0. The molecule has 0 bridgehead atoms. The summed E-state index contributed by atoms with van der Waals surface area (Å²) in [6, 6.07) is 14.9. The van der Waals surface area contributed by atoms with Gasteiger partial charge in [-0.3, -0.25) is 4.90 Å². The molecule has 2 heterocycles. The Bertz CT molecular complexity index is 798. The molecule has 0 spiro atoms. The van der Waals surface area contributed by atoms with Gasteiger partial charge < -0.3 is 10.3 Å². The van der Waals surface area contributed by atoms with E-state index >= 15 is 0 Å². The SMILES string of the molecule is Cc1ccc2nc(Nc3ccc(CN4CCCC4)cc3)[nH]c2c1. The number of fused-ring (bicyclic) bond motifs is 1. The number of hydrogen-bond donors (Lipinski definition) is 2. The van der Waals surface area contributed by atoms with Crippen molar-refractivity contribution in [3.8, 4) is 0 Å². The molecule has 0 saturated carbocycles. The molecule has 4 heteroatoms. The Morgan fingerprint density at radius 2 is 1.87 bits per heavy atom. The predicted molar refractivity (Wildman–Crippen MR) is 95.1 cm³/mol. The Labute approximate surface area is 136 Å². The third-order valence-electron chi connectivity index (χ3n) is 4.46. The van der Waals surface area contributed by atoms with E-state index in [9.17, 15) is 0 Å². The summed E-state index contributed by atoms with van der Waals surface area (Å²) >= 11 is 0. The lowest BCUT2D eigenvalue weighted by Crippen LogP contribution is -2.18. The van der Waals surface area contributed by atoms with Crippen molar-refractivity contribution in [3.05, 3.63) is 53.6 Å². The Kier molecular flexibility index (Phi) is 3.75. The molecular formula is C19H22N4. The van der Waals surface area contributed by atoms with Gasteiger partial charge in [0.2, 0.25) is 5.95 Å². The van der Waals surface area contributed by atoms with Crippen LogP contribution in [0.25, 0.3) is 11.0 Å². The topological polar surface area (TPSA) is 44.0 Å². The Balaban J connectivity index is 1.46. The van der Waals surface area contributed by atoms with Crippen molar-refractivity contribution in [3.63, 3.8) is 0 Å². The maximum atomic E-state index is 4.58. The number of benzene rings is 2. The van der Waals surface area contributed by atoms with Crippen LogP contribution in [-0.4, -0.2) is 28.0 Å². The molecule has 3 aromatic rings. The van der Waals surface area contributed by atoms with Gasteiger partial charge in [-0.15, -0.1) is 0 Å². The van der Waals surface area contributed by atoms with Crippen molar-refractivity contribution in [2.45, 2.75) is 26.3 Å². The molecule has 0 unspecified atom stereocenters. The molecule has 1 aliphatic rings. The molecule has 118 valence electrons. The predicted octanol–water partition coefficient (Wildman–Crippen LogP) is 4.21. The van der Waals surface area contributed by atoms with E-state index in [1.54, 1.807) is 0 Å². The number of aromatic amines is 1. The van der Waals surface area contributed by atoms with Crippen LogP contribution in [0.5, 0.6) is 0 Å². The van der Waals surface area contributed by atoms with Crippen molar-refractivity contribution in [1.29, 1.82) is 0 Å². The first-order valence-electron chi connectivity index (χ1n) is 8.31. The summed E-state index contributed by atoms with van der Waals surface area (Å²) in [5, 5.41) is 3.35. The molecule has 1 saturated heterocycles. The highest BCUT2D eigenvalue weighted by Crippen LogP contribution is 2.20. The highest BCUT2D eigenvalue weighted by atomic mass is 15.1. The number of hydrogen-bond acceptors (Lipinski definition) is 3. The second-order valence-electron chi connectivity index (χ2n) is 6.41. The van der Waals surface area contributed by atoms with Crippen molar-refractivity contribution in [1.82, 2.24) is 14.9 Å². The average Bonchev–Trinajstić information content (AvgIpc) is 3.18. The smallest absolute Gasteiger partial charge is 0.205 e. The van der Waals surface area contributed by atoms with Crippen LogP contribution in [0.4, 0.5) is 11.6 Å². The molecule has 1 aliphatic heterocycles. The maximum Gasteiger partial charge on any atom is 0.205 e. The number of rotatable bonds is 4. The fraction of sp³-hybridized carbons (Fsp3) is 0.316. The van der Waals surface area contributed by atoms with E-state index in [0.29, 0.717) is 0 Å². The van der Waals surface area contributed by atoms with Gasteiger partial charge in [0.1, 0.15) is 0 Å². The second-order valence-corrected chi connectivity index (χ2v) is 6.41. The van der Waals surface area contributed by atoms with Crippen molar-refractivity contribution >= 4 is 22.7 Å². The van der Waals surface area contributed by atoms with Crippen LogP contribution in [0.1, 0.15) is 24.0 Å². The summed E-state index contributed by atoms with van der Waals surface area (Å²) in [6.07, 6.45) is 2.68. The first kappa shape index (κ1) is 14.3. The van der Waals surface area contributed by atoms with Crippen LogP contribution in [0.15, 0.2) is 42.5 Å². The molecule has 23 heavy (non-hydrogen) atoms. The second kappa shape index (κ2) is 6.05. The molecule has 4 rings (SSSR count). The van der Waals surface area contributed by atoms with E-state index < -0.39 is 0 Å². The average molecular weight is 306 g/mol. The minimum Gasteiger partial charge on any atom is -0.326 e. The molecule has 0 aliphatic carbocycles. The standard InChI is InChI=1S/C19H22N4/c1-14-4-9-17-18(12-14)22-19(21-17)20-16-7-5-15(6-8-16)13-23-10-2-3-11-23/h4-9,12H,2-3,10-11,13H2,1H3,(H2,20,21,22). The summed E-state index contributed by atoms with van der Waals surface area (Å²) in [4.78, 5) is 10.4. The van der Waals surface area contributed by atoms with Gasteiger partial charge in [0.25, 0.3) is 0 Å². The molecule has 0 amide bonds. The Morgan fingerprint density at radius 3 is 2.65 bits per heavy atom. The Morgan fingerprint density at radius 1 is 1.09 bits per heavy atom. The molecular weight excluding hydrogens is 284 g/mol. The molecule has 0 atom stereocenters. The van der Waals surface area contributed by atoms with Crippen LogP contribution in [0.3, 0.4) is 0 Å². The van der Waals surface area contributed by atoms with Gasteiger partial charge in [-0.1, -0.05) is 18.2 Å².